The Morgan fingerprint density at radius 1 is 1.16 bits per heavy atom. The van der Waals surface area contributed by atoms with Crippen molar-refractivity contribution in [1.82, 2.24) is 5.32 Å². The lowest BCUT2D eigenvalue weighted by Gasteiger charge is -2.29. The number of benzene rings is 1. The van der Waals surface area contributed by atoms with Crippen LogP contribution in [-0.2, 0) is 17.2 Å². The van der Waals surface area contributed by atoms with E-state index >= 15 is 0 Å². The minimum atomic E-state index is -0.713. The lowest BCUT2D eigenvalue weighted by molar-refractivity contribution is 0.0923. The molecule has 4 heteroatoms. The van der Waals surface area contributed by atoms with Gasteiger partial charge in [-0.15, -0.1) is 0 Å². The van der Waals surface area contributed by atoms with E-state index < -0.39 is 10.8 Å². The lowest BCUT2D eigenvalue weighted by Crippen LogP contribution is -2.38. The van der Waals surface area contributed by atoms with E-state index in [0.717, 1.165) is 43.4 Å². The summed E-state index contributed by atoms with van der Waals surface area (Å²) in [7, 11) is -0.713. The molecular weight excluding hydrogens is 330 g/mol. The Bertz CT molecular complexity index is 560. The second-order valence-corrected chi connectivity index (χ2v) is 9.63. The lowest BCUT2D eigenvalue weighted by atomic mass is 9.87. The highest BCUT2D eigenvalue weighted by Gasteiger charge is 2.24. The first-order valence-electron chi connectivity index (χ1n) is 9.76. The van der Waals surface area contributed by atoms with Crippen LogP contribution in [0, 0.1) is 5.92 Å². The Labute approximate surface area is 155 Å². The van der Waals surface area contributed by atoms with Crippen molar-refractivity contribution in [2.45, 2.75) is 77.0 Å². The average molecular weight is 364 g/mol. The fraction of sp³-hybridized carbons (Fsp3) is 0.667. The first-order chi connectivity index (χ1) is 12.0. The topological polar surface area (TPSA) is 46.2 Å². The van der Waals surface area contributed by atoms with Crippen molar-refractivity contribution in [2.24, 2.45) is 5.92 Å². The van der Waals surface area contributed by atoms with Gasteiger partial charge in [-0.25, -0.2) is 0 Å². The number of hydrogen-bond acceptors (Lipinski definition) is 2. The zero-order valence-corrected chi connectivity index (χ0v) is 16.7. The normalized spacial score (nSPS) is 21.9. The van der Waals surface area contributed by atoms with Gasteiger partial charge in [0.15, 0.2) is 0 Å². The minimum absolute atomic E-state index is 0.0382. The summed E-state index contributed by atoms with van der Waals surface area (Å²) in [6, 6.07) is 8.29. The van der Waals surface area contributed by atoms with Crippen LogP contribution in [0.15, 0.2) is 24.3 Å². The number of unbranched alkanes of at least 4 members (excludes halogenated alkanes) is 1. The molecule has 1 aliphatic rings. The molecule has 0 spiro atoms. The minimum Gasteiger partial charge on any atom is -0.349 e. The van der Waals surface area contributed by atoms with Crippen LogP contribution in [0.1, 0.15) is 75.2 Å². The van der Waals surface area contributed by atoms with Gasteiger partial charge in [0.2, 0.25) is 0 Å². The third kappa shape index (κ3) is 6.58. The van der Waals surface area contributed by atoms with Crippen LogP contribution >= 0.6 is 0 Å². The van der Waals surface area contributed by atoms with Gasteiger partial charge < -0.3 is 5.32 Å². The summed E-state index contributed by atoms with van der Waals surface area (Å²) in [4.78, 5) is 12.4. The molecule has 2 rings (SSSR count). The van der Waals surface area contributed by atoms with Crippen LogP contribution in [0.2, 0.25) is 0 Å². The van der Waals surface area contributed by atoms with E-state index in [9.17, 15) is 9.00 Å². The van der Waals surface area contributed by atoms with Crippen LogP contribution in [0.3, 0.4) is 0 Å². The molecular formula is C21H33NO2S. The number of carbonyl (C=O) groups is 1. The van der Waals surface area contributed by atoms with Gasteiger partial charge in [0.05, 0.1) is 0 Å². The molecule has 1 aromatic carbocycles. The van der Waals surface area contributed by atoms with Crippen molar-refractivity contribution < 1.29 is 9.00 Å². The molecule has 0 radical (unpaired) electrons. The van der Waals surface area contributed by atoms with E-state index in [1.165, 1.54) is 18.4 Å². The molecule has 25 heavy (non-hydrogen) atoms. The summed E-state index contributed by atoms with van der Waals surface area (Å²) in [5.41, 5.74) is 2.06. The molecule has 0 aromatic heterocycles. The smallest absolute Gasteiger partial charge is 0.251 e. The SMILES string of the molecule is CCCCc1ccc(C(=O)NC2CCC(CS(=O)C(C)C)CC2)cc1. The van der Waals surface area contributed by atoms with Gasteiger partial charge in [-0.2, -0.15) is 0 Å². The van der Waals surface area contributed by atoms with E-state index in [2.05, 4.69) is 24.4 Å². The van der Waals surface area contributed by atoms with Gasteiger partial charge in [-0.1, -0.05) is 39.3 Å². The molecule has 1 amide bonds. The summed E-state index contributed by atoms with van der Waals surface area (Å²) in [6.07, 6.45) is 7.60. The van der Waals surface area contributed by atoms with Crippen molar-refractivity contribution in [3.8, 4) is 0 Å². The van der Waals surface area contributed by atoms with E-state index in [4.69, 9.17) is 0 Å². The third-order valence-corrected chi connectivity index (χ3v) is 6.99. The summed E-state index contributed by atoms with van der Waals surface area (Å²) >= 11 is 0. The van der Waals surface area contributed by atoms with Gasteiger partial charge >= 0.3 is 0 Å². The molecule has 0 heterocycles. The highest BCUT2D eigenvalue weighted by Crippen LogP contribution is 2.26. The number of hydrogen-bond donors (Lipinski definition) is 1. The van der Waals surface area contributed by atoms with Crippen molar-refractivity contribution in [1.29, 1.82) is 0 Å². The zero-order chi connectivity index (χ0) is 18.2. The maximum Gasteiger partial charge on any atom is 0.251 e. The Morgan fingerprint density at radius 2 is 1.80 bits per heavy atom. The zero-order valence-electron chi connectivity index (χ0n) is 15.9. The maximum absolute atomic E-state index is 12.4. The molecule has 1 atom stereocenters. The van der Waals surface area contributed by atoms with E-state index in [1.807, 2.05) is 26.0 Å². The summed E-state index contributed by atoms with van der Waals surface area (Å²) in [5.74, 6) is 1.41. The van der Waals surface area contributed by atoms with Gasteiger partial charge in [-0.3, -0.25) is 9.00 Å². The van der Waals surface area contributed by atoms with Gasteiger partial charge in [0, 0.05) is 33.4 Å². The molecule has 0 aliphatic heterocycles. The largest absolute Gasteiger partial charge is 0.349 e. The number of nitrogens with one attached hydrogen (secondary N) is 1. The Morgan fingerprint density at radius 3 is 2.36 bits per heavy atom. The number of rotatable bonds is 8. The number of aryl methyl sites for hydroxylation is 1. The molecule has 1 aliphatic carbocycles. The maximum atomic E-state index is 12.4. The van der Waals surface area contributed by atoms with Crippen LogP contribution in [0.5, 0.6) is 0 Å². The van der Waals surface area contributed by atoms with Crippen LogP contribution in [0.4, 0.5) is 0 Å². The molecule has 0 saturated heterocycles. The quantitative estimate of drug-likeness (QED) is 0.740. The highest BCUT2D eigenvalue weighted by atomic mass is 32.2. The number of carbonyl (C=O) groups excluding carboxylic acids is 1. The summed E-state index contributed by atoms with van der Waals surface area (Å²) < 4.78 is 12.0. The predicted octanol–water partition coefficient (Wildman–Crippen LogP) is 4.47. The molecule has 3 nitrogen and oxygen atoms in total. The molecule has 1 unspecified atom stereocenters. The Balaban J connectivity index is 1.77. The third-order valence-electron chi connectivity index (χ3n) is 5.14. The molecule has 0 bridgehead atoms. The molecule has 140 valence electrons. The van der Waals surface area contributed by atoms with Gasteiger partial charge in [0.1, 0.15) is 0 Å². The molecule has 1 saturated carbocycles. The average Bonchev–Trinajstić information content (AvgIpc) is 2.61. The van der Waals surface area contributed by atoms with Gasteiger partial charge in [0.25, 0.3) is 5.91 Å². The van der Waals surface area contributed by atoms with Gasteiger partial charge in [-0.05, 0) is 62.1 Å². The summed E-state index contributed by atoms with van der Waals surface area (Å²) in [5, 5.41) is 3.43. The first kappa shape index (κ1) is 20.2. The fourth-order valence-corrected chi connectivity index (χ4v) is 4.55. The van der Waals surface area contributed by atoms with Crippen LogP contribution in [-0.4, -0.2) is 27.2 Å². The molecule has 1 aromatic rings. The Hall–Kier alpha value is -1.16. The summed E-state index contributed by atoms with van der Waals surface area (Å²) in [6.45, 7) is 6.24. The highest BCUT2D eigenvalue weighted by molar-refractivity contribution is 7.85. The van der Waals surface area contributed by atoms with Crippen molar-refractivity contribution in [2.75, 3.05) is 5.75 Å². The number of amides is 1. The van der Waals surface area contributed by atoms with Crippen molar-refractivity contribution in [3.05, 3.63) is 35.4 Å². The monoisotopic (exact) mass is 363 g/mol. The second-order valence-electron chi connectivity index (χ2n) is 7.59. The second kappa shape index (κ2) is 10.1. The van der Waals surface area contributed by atoms with Crippen molar-refractivity contribution in [3.63, 3.8) is 0 Å². The van der Waals surface area contributed by atoms with Crippen LogP contribution in [0.25, 0.3) is 0 Å². The molecule has 1 fully saturated rings. The van der Waals surface area contributed by atoms with Crippen LogP contribution < -0.4 is 5.32 Å². The van der Waals surface area contributed by atoms with E-state index in [0.29, 0.717) is 5.92 Å². The van der Waals surface area contributed by atoms with E-state index in [1.54, 1.807) is 0 Å². The fourth-order valence-electron chi connectivity index (χ4n) is 3.37. The first-order valence-corrected chi connectivity index (χ1v) is 11.1. The Kier molecular flexibility index (Phi) is 8.14. The predicted molar refractivity (Wildman–Crippen MR) is 106 cm³/mol. The van der Waals surface area contributed by atoms with E-state index in [-0.39, 0.29) is 17.2 Å². The standard InChI is InChI=1S/C21H33NO2S/c1-4-5-6-17-7-11-19(12-8-17)21(23)22-20-13-9-18(10-14-20)15-25(24)16(2)3/h7-8,11-12,16,18,20H,4-6,9-10,13-15H2,1-3H3,(H,22,23). The van der Waals surface area contributed by atoms with Crippen molar-refractivity contribution >= 4 is 16.7 Å². The molecule has 1 N–H and O–H groups in total.